The van der Waals surface area contributed by atoms with Crippen LogP contribution < -0.4 is 5.36 Å². The van der Waals surface area contributed by atoms with E-state index in [0.29, 0.717) is 10.9 Å². The van der Waals surface area contributed by atoms with Crippen molar-refractivity contribution in [3.63, 3.8) is 0 Å². The van der Waals surface area contributed by atoms with Gasteiger partial charge in [0.25, 0.3) is 0 Å². The SMILES string of the molecule is Cc1sc(/N=c2\cc(-c3ccc(O)cc3)oc3ccccc23)nc1-c1ccccc1. The molecule has 0 aliphatic carbocycles. The Kier molecular flexibility index (Phi) is 4.65. The molecule has 0 aliphatic rings. The molecule has 5 heteroatoms. The van der Waals surface area contributed by atoms with E-state index >= 15 is 0 Å². The van der Waals surface area contributed by atoms with Crippen LogP contribution in [0.2, 0.25) is 0 Å². The Morgan fingerprint density at radius 1 is 0.867 bits per heavy atom. The standard InChI is InChI=1S/C25H18N2O2S/c1-16-24(18-7-3-2-4-8-18)27-25(30-16)26-21-15-23(17-11-13-19(28)14-12-17)29-22-10-6-5-9-20(21)22/h2-15,28H,1H3/b26-21+. The van der Waals surface area contributed by atoms with Crippen LogP contribution in [-0.2, 0) is 0 Å². The van der Waals surface area contributed by atoms with Crippen LogP contribution in [0.1, 0.15) is 4.88 Å². The molecule has 4 nitrogen and oxygen atoms in total. The number of aryl methyl sites for hydroxylation is 1. The van der Waals surface area contributed by atoms with E-state index in [9.17, 15) is 5.11 Å². The first-order valence-corrected chi connectivity index (χ1v) is 10.4. The fourth-order valence-corrected chi connectivity index (χ4v) is 4.19. The Balaban J connectivity index is 1.68. The van der Waals surface area contributed by atoms with E-state index < -0.39 is 0 Å². The summed E-state index contributed by atoms with van der Waals surface area (Å²) in [5.41, 5.74) is 3.67. The molecule has 0 atom stereocenters. The van der Waals surface area contributed by atoms with Crippen LogP contribution in [0.15, 0.2) is 94.3 Å². The molecule has 0 bridgehead atoms. The predicted molar refractivity (Wildman–Crippen MR) is 121 cm³/mol. The van der Waals surface area contributed by atoms with E-state index in [1.54, 1.807) is 23.5 Å². The van der Waals surface area contributed by atoms with Gasteiger partial charge in [-0.2, -0.15) is 0 Å². The molecule has 5 rings (SSSR count). The number of thiazole rings is 1. The molecule has 0 spiro atoms. The van der Waals surface area contributed by atoms with Crippen molar-refractivity contribution < 1.29 is 9.52 Å². The molecule has 0 saturated carbocycles. The van der Waals surface area contributed by atoms with E-state index in [-0.39, 0.29) is 5.75 Å². The van der Waals surface area contributed by atoms with Gasteiger partial charge < -0.3 is 9.52 Å². The lowest BCUT2D eigenvalue weighted by Crippen LogP contribution is -2.02. The molecule has 30 heavy (non-hydrogen) atoms. The maximum Gasteiger partial charge on any atom is 0.210 e. The van der Waals surface area contributed by atoms with Crippen LogP contribution in [-0.4, -0.2) is 10.1 Å². The maximum absolute atomic E-state index is 9.59. The second-order valence-corrected chi connectivity index (χ2v) is 8.10. The highest BCUT2D eigenvalue weighted by Crippen LogP contribution is 2.32. The maximum atomic E-state index is 9.59. The first-order valence-electron chi connectivity index (χ1n) is 9.57. The van der Waals surface area contributed by atoms with E-state index in [1.165, 1.54) is 0 Å². The number of phenols is 1. The minimum absolute atomic E-state index is 0.219. The van der Waals surface area contributed by atoms with Gasteiger partial charge in [0, 0.05) is 27.5 Å². The minimum Gasteiger partial charge on any atom is -0.508 e. The molecule has 5 aromatic rings. The highest BCUT2D eigenvalue weighted by molar-refractivity contribution is 7.15. The van der Waals surface area contributed by atoms with Crippen molar-refractivity contribution in [2.24, 2.45) is 4.99 Å². The van der Waals surface area contributed by atoms with Crippen LogP contribution in [0.4, 0.5) is 5.13 Å². The Hall–Kier alpha value is -3.70. The molecule has 0 aliphatic heterocycles. The summed E-state index contributed by atoms with van der Waals surface area (Å²) < 4.78 is 6.11. The summed E-state index contributed by atoms with van der Waals surface area (Å²) in [5.74, 6) is 0.903. The zero-order chi connectivity index (χ0) is 20.5. The van der Waals surface area contributed by atoms with Gasteiger partial charge in [-0.25, -0.2) is 9.98 Å². The van der Waals surface area contributed by atoms with E-state index in [4.69, 9.17) is 14.4 Å². The topological polar surface area (TPSA) is 58.6 Å². The number of rotatable bonds is 3. The first kappa shape index (κ1) is 18.3. The number of hydrogen-bond acceptors (Lipinski definition) is 5. The summed E-state index contributed by atoms with van der Waals surface area (Å²) >= 11 is 1.57. The quantitative estimate of drug-likeness (QED) is 0.371. The summed E-state index contributed by atoms with van der Waals surface area (Å²) in [6.07, 6.45) is 0. The Morgan fingerprint density at radius 3 is 2.40 bits per heavy atom. The third-order valence-corrected chi connectivity index (χ3v) is 5.72. The van der Waals surface area contributed by atoms with E-state index in [1.807, 2.05) is 60.7 Å². The Labute approximate surface area is 177 Å². The predicted octanol–water partition coefficient (Wildman–Crippen LogP) is 6.47. The highest BCUT2D eigenvalue weighted by atomic mass is 32.1. The number of para-hydroxylation sites is 1. The average Bonchev–Trinajstić information content (AvgIpc) is 3.15. The molecule has 0 amide bonds. The van der Waals surface area contributed by atoms with Gasteiger partial charge in [0.1, 0.15) is 17.1 Å². The average molecular weight is 410 g/mol. The van der Waals surface area contributed by atoms with Gasteiger partial charge in [0.2, 0.25) is 5.13 Å². The summed E-state index contributed by atoms with van der Waals surface area (Å²) in [5, 5.41) is 12.0. The molecular formula is C25H18N2O2S. The summed E-state index contributed by atoms with van der Waals surface area (Å²) in [6, 6.07) is 26.9. The van der Waals surface area contributed by atoms with Crippen molar-refractivity contribution in [1.82, 2.24) is 4.98 Å². The Bertz CT molecular complexity index is 1400. The van der Waals surface area contributed by atoms with Crippen molar-refractivity contribution in [1.29, 1.82) is 0 Å². The monoisotopic (exact) mass is 410 g/mol. The van der Waals surface area contributed by atoms with Crippen molar-refractivity contribution >= 4 is 27.4 Å². The number of aromatic hydroxyl groups is 1. The normalized spacial score (nSPS) is 11.8. The molecule has 2 heterocycles. The third kappa shape index (κ3) is 3.51. The molecule has 0 radical (unpaired) electrons. The zero-order valence-corrected chi connectivity index (χ0v) is 17.1. The highest BCUT2D eigenvalue weighted by Gasteiger charge is 2.10. The van der Waals surface area contributed by atoms with E-state index in [2.05, 4.69) is 19.1 Å². The van der Waals surface area contributed by atoms with Crippen molar-refractivity contribution in [3.8, 4) is 28.3 Å². The molecule has 146 valence electrons. The van der Waals surface area contributed by atoms with Crippen LogP contribution in [0.5, 0.6) is 5.75 Å². The number of nitrogens with zero attached hydrogens (tertiary/aromatic N) is 2. The minimum atomic E-state index is 0.219. The number of hydrogen-bond donors (Lipinski definition) is 1. The van der Waals surface area contributed by atoms with Gasteiger partial charge in [-0.1, -0.05) is 53.8 Å². The van der Waals surface area contributed by atoms with E-state index in [0.717, 1.165) is 38.0 Å². The van der Waals surface area contributed by atoms with Gasteiger partial charge >= 0.3 is 0 Å². The second-order valence-electron chi connectivity index (χ2n) is 6.92. The molecule has 0 unspecified atom stereocenters. The largest absolute Gasteiger partial charge is 0.508 e. The zero-order valence-electron chi connectivity index (χ0n) is 16.2. The summed E-state index contributed by atoms with van der Waals surface area (Å²) in [7, 11) is 0. The number of phenolic OH excluding ortho intramolecular Hbond substituents is 1. The lowest BCUT2D eigenvalue weighted by Gasteiger charge is -2.05. The van der Waals surface area contributed by atoms with Crippen molar-refractivity contribution in [2.45, 2.75) is 6.92 Å². The Morgan fingerprint density at radius 2 is 1.60 bits per heavy atom. The van der Waals surface area contributed by atoms with Gasteiger partial charge in [0.05, 0.1) is 11.1 Å². The molecular weight excluding hydrogens is 392 g/mol. The van der Waals surface area contributed by atoms with Gasteiger partial charge in [-0.15, -0.1) is 0 Å². The van der Waals surface area contributed by atoms with Crippen LogP contribution >= 0.6 is 11.3 Å². The lowest BCUT2D eigenvalue weighted by atomic mass is 10.1. The second kappa shape index (κ2) is 7.61. The molecule has 2 aromatic heterocycles. The van der Waals surface area contributed by atoms with Crippen molar-refractivity contribution in [3.05, 3.63) is 95.2 Å². The van der Waals surface area contributed by atoms with Crippen LogP contribution in [0.3, 0.4) is 0 Å². The number of aromatic nitrogens is 1. The third-order valence-electron chi connectivity index (χ3n) is 4.85. The van der Waals surface area contributed by atoms with Gasteiger partial charge in [-0.05, 0) is 43.3 Å². The molecule has 0 saturated heterocycles. The number of fused-ring (bicyclic) bond motifs is 1. The fourth-order valence-electron chi connectivity index (χ4n) is 3.37. The molecule has 1 N–H and O–H groups in total. The van der Waals surface area contributed by atoms with Crippen LogP contribution in [0, 0.1) is 6.92 Å². The smallest absolute Gasteiger partial charge is 0.210 e. The molecule has 3 aromatic carbocycles. The summed E-state index contributed by atoms with van der Waals surface area (Å²) in [4.78, 5) is 10.8. The van der Waals surface area contributed by atoms with Gasteiger partial charge in [-0.3, -0.25) is 0 Å². The fraction of sp³-hybridized carbons (Fsp3) is 0.0400. The van der Waals surface area contributed by atoms with Gasteiger partial charge in [0.15, 0.2) is 0 Å². The molecule has 0 fully saturated rings. The van der Waals surface area contributed by atoms with Crippen molar-refractivity contribution in [2.75, 3.05) is 0 Å². The summed E-state index contributed by atoms with van der Waals surface area (Å²) in [6.45, 7) is 2.07. The lowest BCUT2D eigenvalue weighted by molar-refractivity contribution is 0.475. The first-order chi connectivity index (χ1) is 14.7. The number of benzene rings is 3. The van der Waals surface area contributed by atoms with Crippen LogP contribution in [0.25, 0.3) is 33.6 Å².